The molecule has 2 heterocycles. The van der Waals surface area contributed by atoms with Crippen molar-refractivity contribution in [1.82, 2.24) is 14.9 Å². The van der Waals surface area contributed by atoms with Gasteiger partial charge in [-0.05, 0) is 32.0 Å². The van der Waals surface area contributed by atoms with Crippen molar-refractivity contribution in [2.75, 3.05) is 0 Å². The van der Waals surface area contributed by atoms with Crippen LogP contribution in [0.1, 0.15) is 36.1 Å². The minimum atomic E-state index is -0.471. The highest BCUT2D eigenvalue weighted by atomic mass is 19.1. The van der Waals surface area contributed by atoms with E-state index in [2.05, 4.69) is 10.3 Å². The van der Waals surface area contributed by atoms with Gasteiger partial charge in [0.1, 0.15) is 17.2 Å². The fourth-order valence-electron chi connectivity index (χ4n) is 2.52. The lowest BCUT2D eigenvalue weighted by Crippen LogP contribution is -2.28. The summed E-state index contributed by atoms with van der Waals surface area (Å²) >= 11 is 0. The molecule has 1 amide bonds. The zero-order chi connectivity index (χ0) is 15.7. The van der Waals surface area contributed by atoms with Gasteiger partial charge in [0.05, 0.1) is 17.9 Å². The van der Waals surface area contributed by atoms with Gasteiger partial charge in [-0.15, -0.1) is 0 Å². The Hall–Kier alpha value is -2.63. The van der Waals surface area contributed by atoms with Gasteiger partial charge in [-0.1, -0.05) is 0 Å². The van der Waals surface area contributed by atoms with Crippen LogP contribution in [0.2, 0.25) is 0 Å². The summed E-state index contributed by atoms with van der Waals surface area (Å²) in [4.78, 5) is 16.7. The molecule has 3 aromatic rings. The lowest BCUT2D eigenvalue weighted by atomic mass is 10.1. The molecule has 0 radical (unpaired) electrons. The lowest BCUT2D eigenvalue weighted by Gasteiger charge is -2.15. The van der Waals surface area contributed by atoms with Crippen molar-refractivity contribution in [1.29, 1.82) is 0 Å². The van der Waals surface area contributed by atoms with E-state index < -0.39 is 11.7 Å². The number of nitrogens with zero attached hydrogens (tertiary/aromatic N) is 2. The Balaban J connectivity index is 1.89. The SMILES string of the molecule is CCn1ccnc1C(C)NC(=O)c1cc(F)cc2ccoc12. The minimum absolute atomic E-state index is 0.182. The van der Waals surface area contributed by atoms with Crippen LogP contribution in [-0.4, -0.2) is 15.5 Å². The fraction of sp³-hybridized carbons (Fsp3) is 0.250. The molecule has 0 bridgehead atoms. The number of halogens is 1. The number of fused-ring (bicyclic) bond motifs is 1. The summed E-state index contributed by atoms with van der Waals surface area (Å²) in [6.07, 6.45) is 4.98. The molecule has 0 fully saturated rings. The maximum Gasteiger partial charge on any atom is 0.255 e. The van der Waals surface area contributed by atoms with E-state index >= 15 is 0 Å². The molecular weight excluding hydrogens is 285 g/mol. The fourth-order valence-corrected chi connectivity index (χ4v) is 2.52. The molecule has 22 heavy (non-hydrogen) atoms. The predicted molar refractivity (Wildman–Crippen MR) is 80.0 cm³/mol. The average molecular weight is 301 g/mol. The van der Waals surface area contributed by atoms with Crippen LogP contribution in [-0.2, 0) is 6.54 Å². The van der Waals surface area contributed by atoms with E-state index in [1.807, 2.05) is 24.6 Å². The second-order valence-corrected chi connectivity index (χ2v) is 5.06. The molecule has 1 aromatic carbocycles. The van der Waals surface area contributed by atoms with Gasteiger partial charge in [-0.25, -0.2) is 9.37 Å². The lowest BCUT2D eigenvalue weighted by molar-refractivity contribution is 0.0938. The Morgan fingerprint density at radius 3 is 3.09 bits per heavy atom. The smallest absolute Gasteiger partial charge is 0.255 e. The molecule has 0 spiro atoms. The van der Waals surface area contributed by atoms with E-state index in [9.17, 15) is 9.18 Å². The first kappa shape index (κ1) is 14.3. The van der Waals surface area contributed by atoms with E-state index in [-0.39, 0.29) is 11.6 Å². The van der Waals surface area contributed by atoms with Crippen molar-refractivity contribution < 1.29 is 13.6 Å². The van der Waals surface area contributed by atoms with E-state index in [1.165, 1.54) is 18.4 Å². The highest BCUT2D eigenvalue weighted by molar-refractivity contribution is 6.05. The summed E-state index contributed by atoms with van der Waals surface area (Å²) in [6.45, 7) is 4.60. The van der Waals surface area contributed by atoms with Gasteiger partial charge in [0.15, 0.2) is 0 Å². The van der Waals surface area contributed by atoms with Gasteiger partial charge in [0.25, 0.3) is 5.91 Å². The highest BCUT2D eigenvalue weighted by Crippen LogP contribution is 2.22. The summed E-state index contributed by atoms with van der Waals surface area (Å²) in [6, 6.07) is 3.85. The number of imidazole rings is 1. The van der Waals surface area contributed by atoms with Crippen molar-refractivity contribution in [3.63, 3.8) is 0 Å². The molecule has 2 aromatic heterocycles. The number of aryl methyl sites for hydroxylation is 1. The minimum Gasteiger partial charge on any atom is -0.464 e. The number of nitrogens with one attached hydrogen (secondary N) is 1. The Kier molecular flexibility index (Phi) is 3.66. The Morgan fingerprint density at radius 2 is 2.32 bits per heavy atom. The van der Waals surface area contributed by atoms with Crippen LogP contribution in [0.5, 0.6) is 0 Å². The van der Waals surface area contributed by atoms with Crippen LogP contribution >= 0.6 is 0 Å². The molecule has 3 rings (SSSR count). The normalized spacial score (nSPS) is 12.5. The zero-order valence-corrected chi connectivity index (χ0v) is 12.3. The number of hydrogen-bond donors (Lipinski definition) is 1. The molecule has 0 aliphatic carbocycles. The van der Waals surface area contributed by atoms with Crippen molar-refractivity contribution >= 4 is 16.9 Å². The van der Waals surface area contributed by atoms with Crippen LogP contribution in [0.3, 0.4) is 0 Å². The summed E-state index contributed by atoms with van der Waals surface area (Å²) in [5, 5.41) is 3.40. The van der Waals surface area contributed by atoms with Gasteiger partial charge in [0, 0.05) is 24.3 Å². The van der Waals surface area contributed by atoms with Crippen LogP contribution in [0.15, 0.2) is 41.3 Å². The largest absolute Gasteiger partial charge is 0.464 e. The predicted octanol–water partition coefficient (Wildman–Crippen LogP) is 3.28. The second kappa shape index (κ2) is 5.63. The monoisotopic (exact) mass is 301 g/mol. The molecule has 1 atom stereocenters. The van der Waals surface area contributed by atoms with Crippen molar-refractivity contribution in [2.24, 2.45) is 0 Å². The molecule has 0 aliphatic rings. The number of aromatic nitrogens is 2. The zero-order valence-electron chi connectivity index (χ0n) is 12.3. The van der Waals surface area contributed by atoms with Gasteiger partial charge < -0.3 is 14.3 Å². The maximum absolute atomic E-state index is 13.6. The third-order valence-electron chi connectivity index (χ3n) is 3.58. The van der Waals surface area contributed by atoms with Gasteiger partial charge >= 0.3 is 0 Å². The molecule has 114 valence electrons. The standard InChI is InChI=1S/C16H16FN3O2/c1-3-20-6-5-18-15(20)10(2)19-16(21)13-9-12(17)8-11-4-7-22-14(11)13/h4-10H,3H2,1-2H3,(H,19,21). The third-order valence-corrected chi connectivity index (χ3v) is 3.58. The van der Waals surface area contributed by atoms with E-state index in [1.54, 1.807) is 12.3 Å². The van der Waals surface area contributed by atoms with E-state index in [4.69, 9.17) is 4.42 Å². The second-order valence-electron chi connectivity index (χ2n) is 5.06. The number of hydrogen-bond acceptors (Lipinski definition) is 3. The van der Waals surface area contributed by atoms with Crippen molar-refractivity contribution in [3.05, 3.63) is 54.1 Å². The third kappa shape index (κ3) is 2.47. The van der Waals surface area contributed by atoms with Crippen molar-refractivity contribution in [2.45, 2.75) is 26.4 Å². The molecule has 6 heteroatoms. The van der Waals surface area contributed by atoms with Crippen LogP contribution < -0.4 is 5.32 Å². The Labute approximate surface area is 126 Å². The Bertz CT molecular complexity index is 822. The van der Waals surface area contributed by atoms with Gasteiger partial charge in [-0.3, -0.25) is 4.79 Å². The van der Waals surface area contributed by atoms with E-state index in [0.29, 0.717) is 11.0 Å². The summed E-state index contributed by atoms with van der Waals surface area (Å²) in [7, 11) is 0. The number of rotatable bonds is 4. The summed E-state index contributed by atoms with van der Waals surface area (Å²) in [5.41, 5.74) is 0.561. The molecule has 0 saturated carbocycles. The average Bonchev–Trinajstić information content (AvgIpc) is 3.14. The number of carbonyl (C=O) groups excluding carboxylic acids is 1. The quantitative estimate of drug-likeness (QED) is 0.804. The number of benzene rings is 1. The number of amides is 1. The molecule has 0 aliphatic heterocycles. The molecular formula is C16H16FN3O2. The number of furan rings is 1. The maximum atomic E-state index is 13.6. The summed E-state index contributed by atoms with van der Waals surface area (Å²) < 4.78 is 20.9. The van der Waals surface area contributed by atoms with Gasteiger partial charge in [-0.2, -0.15) is 0 Å². The van der Waals surface area contributed by atoms with Gasteiger partial charge in [0.2, 0.25) is 0 Å². The molecule has 0 saturated heterocycles. The van der Waals surface area contributed by atoms with Crippen LogP contribution in [0, 0.1) is 5.82 Å². The first-order valence-corrected chi connectivity index (χ1v) is 7.08. The van der Waals surface area contributed by atoms with E-state index in [0.717, 1.165) is 12.4 Å². The van der Waals surface area contributed by atoms with Crippen LogP contribution in [0.25, 0.3) is 11.0 Å². The first-order valence-electron chi connectivity index (χ1n) is 7.08. The summed E-state index contributed by atoms with van der Waals surface area (Å²) in [5.74, 6) is -0.109. The number of carbonyl (C=O) groups is 1. The topological polar surface area (TPSA) is 60.1 Å². The highest BCUT2D eigenvalue weighted by Gasteiger charge is 2.19. The van der Waals surface area contributed by atoms with Crippen molar-refractivity contribution in [3.8, 4) is 0 Å². The molecule has 1 unspecified atom stereocenters. The van der Waals surface area contributed by atoms with Crippen LogP contribution in [0.4, 0.5) is 4.39 Å². The molecule has 1 N–H and O–H groups in total. The molecule has 5 nitrogen and oxygen atoms in total. The Morgan fingerprint density at radius 1 is 1.50 bits per heavy atom. The first-order chi connectivity index (χ1) is 10.6.